The summed E-state index contributed by atoms with van der Waals surface area (Å²) in [7, 11) is 0. The first-order chi connectivity index (χ1) is 8.67. The van der Waals surface area contributed by atoms with Crippen molar-refractivity contribution >= 4 is 5.82 Å². The molecule has 1 aromatic rings. The molecule has 1 fully saturated rings. The predicted octanol–water partition coefficient (Wildman–Crippen LogP) is 1.81. The van der Waals surface area contributed by atoms with E-state index in [4.69, 9.17) is 6.42 Å². The van der Waals surface area contributed by atoms with Gasteiger partial charge in [0.25, 0.3) is 0 Å². The Labute approximate surface area is 108 Å². The fourth-order valence-electron chi connectivity index (χ4n) is 1.90. The van der Waals surface area contributed by atoms with E-state index in [2.05, 4.69) is 22.2 Å². The third-order valence-corrected chi connectivity index (χ3v) is 3.31. The first-order valence-corrected chi connectivity index (χ1v) is 6.09. The average Bonchev–Trinajstić information content (AvgIpc) is 3.16. The quantitative estimate of drug-likeness (QED) is 0.753. The average molecular weight is 240 g/mol. The molecule has 92 valence electrons. The van der Waals surface area contributed by atoms with E-state index < -0.39 is 0 Å². The maximum Gasteiger partial charge on any atom is 0.170 e. The molecule has 0 spiro atoms. The summed E-state index contributed by atoms with van der Waals surface area (Å²) < 4.78 is 0. The van der Waals surface area contributed by atoms with E-state index in [1.54, 1.807) is 0 Å². The van der Waals surface area contributed by atoms with Crippen LogP contribution in [0, 0.1) is 43.4 Å². The fraction of sp³-hybridized carbons (Fsp3) is 0.500. The first-order valence-electron chi connectivity index (χ1n) is 6.09. The summed E-state index contributed by atoms with van der Waals surface area (Å²) in [5.74, 6) is 3.95. The lowest BCUT2D eigenvalue weighted by molar-refractivity contribution is 0.741. The van der Waals surface area contributed by atoms with Crippen molar-refractivity contribution in [2.24, 2.45) is 5.92 Å². The van der Waals surface area contributed by atoms with E-state index in [-0.39, 0.29) is 0 Å². The number of hydrogen-bond acceptors (Lipinski definition) is 4. The zero-order valence-corrected chi connectivity index (χ0v) is 10.8. The minimum absolute atomic E-state index is 0.475. The number of terminal acetylenes is 1. The summed E-state index contributed by atoms with van der Waals surface area (Å²) in [4.78, 5) is 2.00. The molecular formula is C14H16N4. The molecule has 0 bridgehead atoms. The van der Waals surface area contributed by atoms with Crippen LogP contribution >= 0.6 is 0 Å². The maximum atomic E-state index is 9.29. The van der Waals surface area contributed by atoms with Crippen molar-refractivity contribution in [1.82, 2.24) is 10.2 Å². The SMILES string of the molecule is C#CCN(CC1CC1)c1nnc(C)c(C)c1C#N. The number of hydrogen-bond donors (Lipinski definition) is 0. The number of nitriles is 1. The van der Waals surface area contributed by atoms with Crippen LogP contribution < -0.4 is 4.90 Å². The molecule has 0 aromatic carbocycles. The molecule has 1 aromatic heterocycles. The number of aryl methyl sites for hydroxylation is 1. The van der Waals surface area contributed by atoms with Crippen molar-refractivity contribution in [3.63, 3.8) is 0 Å². The van der Waals surface area contributed by atoms with Crippen molar-refractivity contribution < 1.29 is 0 Å². The molecule has 0 atom stereocenters. The van der Waals surface area contributed by atoms with Gasteiger partial charge in [-0.25, -0.2) is 0 Å². The third-order valence-electron chi connectivity index (χ3n) is 3.31. The Balaban J connectivity index is 2.37. The van der Waals surface area contributed by atoms with E-state index in [1.807, 2.05) is 18.7 Å². The van der Waals surface area contributed by atoms with E-state index in [0.29, 0.717) is 23.8 Å². The second kappa shape index (κ2) is 5.06. The van der Waals surface area contributed by atoms with Crippen LogP contribution in [0.5, 0.6) is 0 Å². The van der Waals surface area contributed by atoms with Crippen LogP contribution in [0.1, 0.15) is 29.7 Å². The van der Waals surface area contributed by atoms with Crippen molar-refractivity contribution in [1.29, 1.82) is 5.26 Å². The van der Waals surface area contributed by atoms with Crippen LogP contribution in [-0.4, -0.2) is 23.3 Å². The molecule has 18 heavy (non-hydrogen) atoms. The molecular weight excluding hydrogens is 224 g/mol. The summed E-state index contributed by atoms with van der Waals surface area (Å²) >= 11 is 0. The summed E-state index contributed by atoms with van der Waals surface area (Å²) in [6.07, 6.45) is 7.87. The van der Waals surface area contributed by atoms with Crippen LogP contribution in [0.3, 0.4) is 0 Å². The molecule has 0 radical (unpaired) electrons. The van der Waals surface area contributed by atoms with Gasteiger partial charge in [-0.2, -0.15) is 10.4 Å². The minimum atomic E-state index is 0.475. The fourth-order valence-corrected chi connectivity index (χ4v) is 1.90. The molecule has 1 aliphatic rings. The van der Waals surface area contributed by atoms with Gasteiger partial charge < -0.3 is 4.90 Å². The standard InChI is InChI=1S/C14H16N4/c1-4-7-18(9-12-5-6-12)14-13(8-15)10(2)11(3)16-17-14/h1,12H,5-7,9H2,2-3H3. The van der Waals surface area contributed by atoms with Crippen LogP contribution in [0.25, 0.3) is 0 Å². The van der Waals surface area contributed by atoms with E-state index in [1.165, 1.54) is 12.8 Å². The molecule has 1 saturated carbocycles. The van der Waals surface area contributed by atoms with Gasteiger partial charge >= 0.3 is 0 Å². The molecule has 0 aliphatic heterocycles. The van der Waals surface area contributed by atoms with Crippen LogP contribution in [0.2, 0.25) is 0 Å². The Bertz CT molecular complexity index is 532. The van der Waals surface area contributed by atoms with E-state index in [0.717, 1.165) is 17.8 Å². The largest absolute Gasteiger partial charge is 0.343 e. The Hall–Kier alpha value is -2.07. The minimum Gasteiger partial charge on any atom is -0.343 e. The molecule has 2 rings (SSSR count). The van der Waals surface area contributed by atoms with Gasteiger partial charge in [-0.3, -0.25) is 0 Å². The highest BCUT2D eigenvalue weighted by Crippen LogP contribution is 2.32. The highest BCUT2D eigenvalue weighted by molar-refractivity contribution is 5.58. The normalized spacial score (nSPS) is 13.8. The monoisotopic (exact) mass is 240 g/mol. The molecule has 0 amide bonds. The maximum absolute atomic E-state index is 9.29. The van der Waals surface area contributed by atoms with Crippen molar-refractivity contribution in [3.8, 4) is 18.4 Å². The number of aromatic nitrogens is 2. The van der Waals surface area contributed by atoms with Gasteiger partial charge in [0.1, 0.15) is 11.6 Å². The van der Waals surface area contributed by atoms with Crippen molar-refractivity contribution in [2.45, 2.75) is 26.7 Å². The Morgan fingerprint density at radius 1 is 1.39 bits per heavy atom. The van der Waals surface area contributed by atoms with Gasteiger partial charge in [-0.1, -0.05) is 5.92 Å². The van der Waals surface area contributed by atoms with Gasteiger partial charge in [0.2, 0.25) is 0 Å². The molecule has 0 unspecified atom stereocenters. The Kier molecular flexibility index (Phi) is 3.48. The molecule has 4 heteroatoms. The lowest BCUT2D eigenvalue weighted by Gasteiger charge is -2.22. The van der Waals surface area contributed by atoms with Crippen LogP contribution in [0.15, 0.2) is 0 Å². The lowest BCUT2D eigenvalue weighted by atomic mass is 10.1. The zero-order valence-electron chi connectivity index (χ0n) is 10.8. The van der Waals surface area contributed by atoms with Crippen LogP contribution in [-0.2, 0) is 0 Å². The Morgan fingerprint density at radius 3 is 2.67 bits per heavy atom. The van der Waals surface area contributed by atoms with Crippen molar-refractivity contribution in [2.75, 3.05) is 18.0 Å². The molecule has 0 saturated heterocycles. The first kappa shape index (κ1) is 12.4. The third kappa shape index (κ3) is 2.43. The molecule has 0 N–H and O–H groups in total. The summed E-state index contributed by atoms with van der Waals surface area (Å²) in [5.41, 5.74) is 2.28. The second-order valence-electron chi connectivity index (χ2n) is 4.75. The topological polar surface area (TPSA) is 52.8 Å². The zero-order chi connectivity index (χ0) is 13.1. The van der Waals surface area contributed by atoms with Gasteiger partial charge in [0, 0.05) is 6.54 Å². The number of nitrogens with zero attached hydrogens (tertiary/aromatic N) is 4. The lowest BCUT2D eigenvalue weighted by Crippen LogP contribution is -2.28. The van der Waals surface area contributed by atoms with Gasteiger partial charge in [0.05, 0.1) is 12.2 Å². The second-order valence-corrected chi connectivity index (χ2v) is 4.75. The number of anilines is 1. The highest BCUT2D eigenvalue weighted by Gasteiger charge is 2.26. The number of rotatable bonds is 4. The predicted molar refractivity (Wildman–Crippen MR) is 70.0 cm³/mol. The van der Waals surface area contributed by atoms with Gasteiger partial charge in [-0.05, 0) is 38.2 Å². The van der Waals surface area contributed by atoms with E-state index >= 15 is 0 Å². The molecule has 1 heterocycles. The summed E-state index contributed by atoms with van der Waals surface area (Å²) in [6.45, 7) is 5.11. The van der Waals surface area contributed by atoms with Crippen LogP contribution in [0.4, 0.5) is 5.82 Å². The summed E-state index contributed by atoms with van der Waals surface area (Å²) in [6, 6.07) is 2.22. The van der Waals surface area contributed by atoms with Gasteiger partial charge in [-0.15, -0.1) is 11.5 Å². The molecule has 4 nitrogen and oxygen atoms in total. The van der Waals surface area contributed by atoms with Gasteiger partial charge in [0.15, 0.2) is 5.82 Å². The smallest absolute Gasteiger partial charge is 0.170 e. The Morgan fingerprint density at radius 2 is 2.11 bits per heavy atom. The highest BCUT2D eigenvalue weighted by atomic mass is 15.3. The molecule has 1 aliphatic carbocycles. The van der Waals surface area contributed by atoms with E-state index in [9.17, 15) is 5.26 Å². The summed E-state index contributed by atoms with van der Waals surface area (Å²) in [5, 5.41) is 17.6. The van der Waals surface area contributed by atoms with Crippen molar-refractivity contribution in [3.05, 3.63) is 16.8 Å².